The zero-order chi connectivity index (χ0) is 19.9. The molecule has 1 heterocycles. The van der Waals surface area contributed by atoms with Crippen molar-refractivity contribution >= 4 is 40.7 Å². The summed E-state index contributed by atoms with van der Waals surface area (Å²) in [4.78, 5) is 19.6. The van der Waals surface area contributed by atoms with Crippen LogP contribution < -0.4 is 15.4 Å². The maximum atomic E-state index is 11.1. The molecule has 0 atom stereocenters. The number of halogens is 1. The number of methoxy groups -OCH3 is 1. The number of anilines is 4. The number of para-hydroxylation sites is 1. The van der Waals surface area contributed by atoms with E-state index in [9.17, 15) is 4.79 Å². The fraction of sp³-hybridized carbons (Fsp3) is 0.105. The zero-order valence-corrected chi connectivity index (χ0v) is 15.6. The monoisotopic (exact) mass is 400 g/mol. The average Bonchev–Trinajstić information content (AvgIpc) is 2.69. The number of aromatic nitrogens is 2. The van der Waals surface area contributed by atoms with Crippen LogP contribution in [0.3, 0.4) is 0 Å². The van der Waals surface area contributed by atoms with E-state index in [2.05, 4.69) is 20.6 Å². The van der Waals surface area contributed by atoms with Crippen LogP contribution in [-0.2, 0) is 4.74 Å². The number of aromatic carboxylic acids is 1. The highest BCUT2D eigenvalue weighted by Crippen LogP contribution is 2.34. The van der Waals surface area contributed by atoms with Gasteiger partial charge in [-0.3, -0.25) is 0 Å². The van der Waals surface area contributed by atoms with E-state index < -0.39 is 5.97 Å². The quantitative estimate of drug-likeness (QED) is 0.480. The number of carbonyl (C=O) groups is 1. The highest BCUT2D eigenvalue weighted by Gasteiger charge is 2.11. The van der Waals surface area contributed by atoms with Gasteiger partial charge in [-0.2, -0.15) is 4.98 Å². The van der Waals surface area contributed by atoms with Crippen LogP contribution in [0.2, 0.25) is 5.02 Å². The van der Waals surface area contributed by atoms with Crippen molar-refractivity contribution in [3.63, 3.8) is 0 Å². The van der Waals surface area contributed by atoms with Crippen molar-refractivity contribution in [2.24, 2.45) is 0 Å². The number of rotatable bonds is 8. The molecule has 0 fully saturated rings. The largest absolute Gasteiger partial charge is 0.478 e. The van der Waals surface area contributed by atoms with Gasteiger partial charge < -0.3 is 25.2 Å². The highest BCUT2D eigenvalue weighted by atomic mass is 35.5. The van der Waals surface area contributed by atoms with E-state index in [1.54, 1.807) is 42.6 Å². The van der Waals surface area contributed by atoms with Gasteiger partial charge in [0.25, 0.3) is 0 Å². The molecule has 0 aliphatic heterocycles. The fourth-order valence-corrected chi connectivity index (χ4v) is 2.56. The van der Waals surface area contributed by atoms with Gasteiger partial charge >= 0.3 is 5.97 Å². The van der Waals surface area contributed by atoms with Gasteiger partial charge in [-0.15, -0.1) is 0 Å². The molecule has 28 heavy (non-hydrogen) atoms. The second kappa shape index (κ2) is 9.03. The number of carboxylic acid groups (broad SMARTS) is 1. The first-order valence-electron chi connectivity index (χ1n) is 8.17. The van der Waals surface area contributed by atoms with Crippen molar-refractivity contribution in [3.8, 4) is 5.75 Å². The molecule has 0 saturated heterocycles. The molecule has 9 heteroatoms. The van der Waals surface area contributed by atoms with Crippen LogP contribution in [0.5, 0.6) is 5.75 Å². The molecule has 0 amide bonds. The van der Waals surface area contributed by atoms with Gasteiger partial charge in [0.15, 0.2) is 6.79 Å². The van der Waals surface area contributed by atoms with Gasteiger partial charge in [0.1, 0.15) is 17.3 Å². The van der Waals surface area contributed by atoms with Crippen LogP contribution >= 0.6 is 11.6 Å². The highest BCUT2D eigenvalue weighted by molar-refractivity contribution is 6.33. The molecule has 3 rings (SSSR count). The van der Waals surface area contributed by atoms with Crippen molar-refractivity contribution in [3.05, 3.63) is 65.3 Å². The first kappa shape index (κ1) is 19.4. The smallest absolute Gasteiger partial charge is 0.335 e. The molecule has 0 bridgehead atoms. The van der Waals surface area contributed by atoms with Crippen LogP contribution in [0.4, 0.5) is 23.1 Å². The summed E-state index contributed by atoms with van der Waals surface area (Å²) in [5, 5.41) is 15.6. The molecule has 0 aliphatic rings. The average molecular weight is 401 g/mol. The molecule has 2 aromatic carbocycles. The van der Waals surface area contributed by atoms with Crippen molar-refractivity contribution in [1.29, 1.82) is 0 Å². The van der Waals surface area contributed by atoms with E-state index in [0.717, 1.165) is 0 Å². The second-order valence-electron chi connectivity index (χ2n) is 5.57. The van der Waals surface area contributed by atoms with Gasteiger partial charge in [0.05, 0.1) is 10.6 Å². The molecule has 0 spiro atoms. The van der Waals surface area contributed by atoms with E-state index in [0.29, 0.717) is 33.9 Å². The molecular formula is C19H17ClN4O4. The standard InChI is InChI=1S/C19H17ClN4O4/c1-27-11-28-15-7-3-6-14(20)17(15)23-16-8-9-21-19(24-16)22-13-5-2-4-12(10-13)18(25)26/h2-10H,11H2,1H3,(H,25,26)(H2,21,22,23,24). The Bertz CT molecular complexity index is 984. The van der Waals surface area contributed by atoms with Gasteiger partial charge in [-0.25, -0.2) is 9.78 Å². The molecule has 3 N–H and O–H groups in total. The van der Waals surface area contributed by atoms with Crippen LogP contribution in [0.1, 0.15) is 10.4 Å². The SMILES string of the molecule is COCOc1cccc(Cl)c1Nc1ccnc(Nc2cccc(C(=O)O)c2)n1. The molecule has 0 unspecified atom stereocenters. The summed E-state index contributed by atoms with van der Waals surface area (Å²) in [5.74, 6) is 0.264. The molecule has 8 nitrogen and oxygen atoms in total. The van der Waals surface area contributed by atoms with E-state index in [1.165, 1.54) is 19.2 Å². The predicted molar refractivity (Wildman–Crippen MR) is 106 cm³/mol. The van der Waals surface area contributed by atoms with Crippen LogP contribution in [-0.4, -0.2) is 34.9 Å². The normalized spacial score (nSPS) is 10.4. The number of hydrogen-bond donors (Lipinski definition) is 3. The minimum atomic E-state index is -1.01. The summed E-state index contributed by atoms with van der Waals surface area (Å²) in [5.41, 5.74) is 1.26. The van der Waals surface area contributed by atoms with Gasteiger partial charge in [-0.1, -0.05) is 23.7 Å². The van der Waals surface area contributed by atoms with Crippen molar-refractivity contribution in [2.45, 2.75) is 0 Å². The molecule has 1 aromatic heterocycles. The Morgan fingerprint density at radius 3 is 2.79 bits per heavy atom. The molecule has 0 aliphatic carbocycles. The summed E-state index contributed by atoms with van der Waals surface area (Å²) >= 11 is 6.28. The van der Waals surface area contributed by atoms with Gasteiger partial charge in [0, 0.05) is 19.0 Å². The first-order chi connectivity index (χ1) is 13.6. The van der Waals surface area contributed by atoms with Crippen molar-refractivity contribution < 1.29 is 19.4 Å². The minimum Gasteiger partial charge on any atom is -0.478 e. The summed E-state index contributed by atoms with van der Waals surface area (Å²) in [6.07, 6.45) is 1.56. The van der Waals surface area contributed by atoms with Crippen LogP contribution in [0.25, 0.3) is 0 Å². The van der Waals surface area contributed by atoms with E-state index in [4.69, 9.17) is 26.2 Å². The lowest BCUT2D eigenvalue weighted by molar-refractivity contribution is 0.0516. The van der Waals surface area contributed by atoms with E-state index in [1.807, 2.05) is 0 Å². The number of nitrogens with one attached hydrogen (secondary N) is 2. The Hall–Kier alpha value is -3.36. The lowest BCUT2D eigenvalue weighted by Crippen LogP contribution is -2.04. The summed E-state index contributed by atoms with van der Waals surface area (Å²) < 4.78 is 10.4. The summed E-state index contributed by atoms with van der Waals surface area (Å²) in [6.45, 7) is 0.0749. The minimum absolute atomic E-state index is 0.0749. The first-order valence-corrected chi connectivity index (χ1v) is 8.55. The zero-order valence-electron chi connectivity index (χ0n) is 14.8. The summed E-state index contributed by atoms with van der Waals surface area (Å²) in [7, 11) is 1.53. The second-order valence-corrected chi connectivity index (χ2v) is 5.97. The Labute approximate surface area is 166 Å². The Morgan fingerprint density at radius 2 is 2.00 bits per heavy atom. The van der Waals surface area contributed by atoms with Crippen molar-refractivity contribution in [1.82, 2.24) is 9.97 Å². The number of hydrogen-bond acceptors (Lipinski definition) is 7. The third-order valence-electron chi connectivity index (χ3n) is 3.58. The topological polar surface area (TPSA) is 106 Å². The molecule has 0 radical (unpaired) electrons. The van der Waals surface area contributed by atoms with E-state index in [-0.39, 0.29) is 12.4 Å². The molecule has 3 aromatic rings. The van der Waals surface area contributed by atoms with E-state index >= 15 is 0 Å². The fourth-order valence-electron chi connectivity index (χ4n) is 2.34. The number of benzene rings is 2. The Balaban J connectivity index is 1.81. The third-order valence-corrected chi connectivity index (χ3v) is 3.90. The predicted octanol–water partition coefficient (Wildman–Crippen LogP) is 4.30. The van der Waals surface area contributed by atoms with Crippen LogP contribution in [0.15, 0.2) is 54.7 Å². The maximum absolute atomic E-state index is 11.1. The van der Waals surface area contributed by atoms with Gasteiger partial charge in [-0.05, 0) is 36.4 Å². The Kier molecular flexibility index (Phi) is 6.25. The number of carboxylic acids is 1. The lowest BCUT2D eigenvalue weighted by atomic mass is 10.2. The maximum Gasteiger partial charge on any atom is 0.335 e. The van der Waals surface area contributed by atoms with Crippen LogP contribution in [0, 0.1) is 0 Å². The third kappa shape index (κ3) is 4.87. The molecule has 0 saturated carbocycles. The Morgan fingerprint density at radius 1 is 1.18 bits per heavy atom. The number of ether oxygens (including phenoxy) is 2. The van der Waals surface area contributed by atoms with Crippen molar-refractivity contribution in [2.75, 3.05) is 24.5 Å². The number of nitrogens with zero attached hydrogens (tertiary/aromatic N) is 2. The summed E-state index contributed by atoms with van der Waals surface area (Å²) in [6, 6.07) is 13.3. The molecular weight excluding hydrogens is 384 g/mol. The molecule has 144 valence electrons. The van der Waals surface area contributed by atoms with Gasteiger partial charge in [0.2, 0.25) is 5.95 Å². The lowest BCUT2D eigenvalue weighted by Gasteiger charge is -2.14.